The van der Waals surface area contributed by atoms with Gasteiger partial charge in [0.1, 0.15) is 6.61 Å². The Balaban J connectivity index is 2.35. The van der Waals surface area contributed by atoms with Crippen molar-refractivity contribution in [3.63, 3.8) is 0 Å². The Hall–Kier alpha value is -1.96. The number of amides is 1. The quantitative estimate of drug-likeness (QED) is 0.544. The fourth-order valence-corrected chi connectivity index (χ4v) is 2.00. The van der Waals surface area contributed by atoms with Gasteiger partial charge in [-0.3, -0.25) is 4.79 Å². The Morgan fingerprint density at radius 1 is 1.21 bits per heavy atom. The van der Waals surface area contributed by atoms with Gasteiger partial charge in [0.25, 0.3) is 0 Å². The SMILES string of the molecule is CC(N)COCC(=O)NC(C)COC(Cc1ccccc1)C(=O)O. The molecule has 0 aromatic heterocycles. The van der Waals surface area contributed by atoms with Crippen LogP contribution in [-0.2, 0) is 25.5 Å². The van der Waals surface area contributed by atoms with Crippen LogP contribution < -0.4 is 11.1 Å². The van der Waals surface area contributed by atoms with Gasteiger partial charge < -0.3 is 25.6 Å². The minimum Gasteiger partial charge on any atom is -0.479 e. The smallest absolute Gasteiger partial charge is 0.333 e. The Kier molecular flexibility index (Phi) is 8.99. The van der Waals surface area contributed by atoms with Crippen LogP contribution >= 0.6 is 0 Å². The average molecular weight is 338 g/mol. The van der Waals surface area contributed by atoms with Gasteiger partial charge in [0.05, 0.1) is 13.2 Å². The minimum absolute atomic E-state index is 0.0851. The van der Waals surface area contributed by atoms with Crippen LogP contribution in [0.3, 0.4) is 0 Å². The molecule has 0 aliphatic rings. The lowest BCUT2D eigenvalue weighted by atomic mass is 10.1. The highest BCUT2D eigenvalue weighted by Crippen LogP contribution is 2.07. The number of ether oxygens (including phenoxy) is 2. The number of rotatable bonds is 11. The third-order valence-corrected chi connectivity index (χ3v) is 3.11. The monoisotopic (exact) mass is 338 g/mol. The number of hydrogen-bond acceptors (Lipinski definition) is 5. The maximum Gasteiger partial charge on any atom is 0.333 e. The Morgan fingerprint density at radius 3 is 2.46 bits per heavy atom. The second-order valence-electron chi connectivity index (χ2n) is 5.81. The molecule has 3 atom stereocenters. The van der Waals surface area contributed by atoms with E-state index in [1.165, 1.54) is 0 Å². The van der Waals surface area contributed by atoms with Gasteiger partial charge in [0, 0.05) is 18.5 Å². The van der Waals surface area contributed by atoms with E-state index in [9.17, 15) is 14.7 Å². The Bertz CT molecular complexity index is 507. The largest absolute Gasteiger partial charge is 0.479 e. The molecule has 0 aliphatic heterocycles. The van der Waals surface area contributed by atoms with Crippen molar-refractivity contribution in [3.05, 3.63) is 35.9 Å². The molecule has 0 heterocycles. The zero-order chi connectivity index (χ0) is 17.9. The summed E-state index contributed by atoms with van der Waals surface area (Å²) in [6.07, 6.45) is -0.685. The second kappa shape index (κ2) is 10.7. The molecule has 24 heavy (non-hydrogen) atoms. The number of carboxylic acid groups (broad SMARTS) is 1. The first-order valence-electron chi connectivity index (χ1n) is 7.89. The highest BCUT2D eigenvalue weighted by Gasteiger charge is 2.20. The summed E-state index contributed by atoms with van der Waals surface area (Å²) in [7, 11) is 0. The highest BCUT2D eigenvalue weighted by molar-refractivity contribution is 5.77. The molecule has 7 heteroatoms. The molecule has 0 fully saturated rings. The fraction of sp³-hybridized carbons (Fsp3) is 0.529. The molecule has 1 rings (SSSR count). The summed E-state index contributed by atoms with van der Waals surface area (Å²) < 4.78 is 10.6. The third-order valence-electron chi connectivity index (χ3n) is 3.11. The van der Waals surface area contributed by atoms with Crippen LogP contribution in [0.2, 0.25) is 0 Å². The van der Waals surface area contributed by atoms with Gasteiger partial charge in [0.2, 0.25) is 5.91 Å². The highest BCUT2D eigenvalue weighted by atomic mass is 16.5. The number of carboxylic acids is 1. The van der Waals surface area contributed by atoms with Crippen molar-refractivity contribution in [2.45, 2.75) is 38.5 Å². The summed E-state index contributed by atoms with van der Waals surface area (Å²) in [5, 5.41) is 11.9. The Morgan fingerprint density at radius 2 is 1.88 bits per heavy atom. The minimum atomic E-state index is -1.03. The molecule has 1 aromatic rings. The van der Waals surface area contributed by atoms with Crippen LogP contribution in [-0.4, -0.2) is 55.0 Å². The zero-order valence-electron chi connectivity index (χ0n) is 14.1. The van der Waals surface area contributed by atoms with Crippen molar-refractivity contribution in [2.75, 3.05) is 19.8 Å². The van der Waals surface area contributed by atoms with Crippen molar-refractivity contribution in [2.24, 2.45) is 5.73 Å². The van der Waals surface area contributed by atoms with Gasteiger partial charge in [-0.25, -0.2) is 4.79 Å². The van der Waals surface area contributed by atoms with E-state index in [4.69, 9.17) is 15.2 Å². The lowest BCUT2D eigenvalue weighted by Crippen LogP contribution is -2.40. The van der Waals surface area contributed by atoms with Crippen molar-refractivity contribution >= 4 is 11.9 Å². The third kappa shape index (κ3) is 8.61. The van der Waals surface area contributed by atoms with Crippen LogP contribution in [0.15, 0.2) is 30.3 Å². The molecule has 0 saturated heterocycles. The predicted octanol–water partition coefficient (Wildman–Crippen LogP) is 0.567. The van der Waals surface area contributed by atoms with E-state index in [1.54, 1.807) is 13.8 Å². The first-order chi connectivity index (χ1) is 11.4. The topological polar surface area (TPSA) is 111 Å². The molecule has 0 saturated carbocycles. The summed E-state index contributed by atoms with van der Waals surface area (Å²) in [6.45, 7) is 3.84. The molecule has 0 bridgehead atoms. The van der Waals surface area contributed by atoms with Gasteiger partial charge in [-0.2, -0.15) is 0 Å². The van der Waals surface area contributed by atoms with E-state index < -0.39 is 12.1 Å². The van der Waals surface area contributed by atoms with Gasteiger partial charge in [0.15, 0.2) is 6.10 Å². The number of carbonyl (C=O) groups excluding carboxylic acids is 1. The van der Waals surface area contributed by atoms with E-state index in [-0.39, 0.29) is 37.6 Å². The molecule has 7 nitrogen and oxygen atoms in total. The van der Waals surface area contributed by atoms with Gasteiger partial charge >= 0.3 is 5.97 Å². The number of benzene rings is 1. The molecular weight excluding hydrogens is 312 g/mol. The summed E-state index contributed by atoms with van der Waals surface area (Å²) in [5.41, 5.74) is 6.40. The summed E-state index contributed by atoms with van der Waals surface area (Å²) >= 11 is 0. The summed E-state index contributed by atoms with van der Waals surface area (Å²) in [6, 6.07) is 8.80. The number of hydrogen-bond donors (Lipinski definition) is 3. The molecule has 134 valence electrons. The molecule has 1 amide bonds. The Labute approximate surface area is 142 Å². The molecule has 0 spiro atoms. The van der Waals surface area contributed by atoms with E-state index in [2.05, 4.69) is 5.32 Å². The second-order valence-corrected chi connectivity index (χ2v) is 5.81. The van der Waals surface area contributed by atoms with E-state index in [0.717, 1.165) is 5.56 Å². The maximum atomic E-state index is 11.7. The van der Waals surface area contributed by atoms with Crippen LogP contribution in [0, 0.1) is 0 Å². The predicted molar refractivity (Wildman–Crippen MR) is 89.6 cm³/mol. The molecule has 1 aromatic carbocycles. The normalized spacial score (nSPS) is 14.6. The van der Waals surface area contributed by atoms with E-state index in [1.807, 2.05) is 30.3 Å². The molecule has 4 N–H and O–H groups in total. The van der Waals surface area contributed by atoms with Gasteiger partial charge in [-0.05, 0) is 19.4 Å². The standard InChI is InChI=1S/C17H26N2O5/c1-12(18)9-23-11-16(20)19-13(2)10-24-15(17(21)22)8-14-6-4-3-5-7-14/h3-7,12-13,15H,8-11,18H2,1-2H3,(H,19,20)(H,21,22). The maximum absolute atomic E-state index is 11.7. The van der Waals surface area contributed by atoms with Crippen molar-refractivity contribution in [3.8, 4) is 0 Å². The summed E-state index contributed by atoms with van der Waals surface area (Å²) in [5.74, 6) is -1.32. The zero-order valence-corrected chi connectivity index (χ0v) is 14.1. The average Bonchev–Trinajstić information content (AvgIpc) is 2.51. The lowest BCUT2D eigenvalue weighted by Gasteiger charge is -2.18. The van der Waals surface area contributed by atoms with Crippen LogP contribution in [0.5, 0.6) is 0 Å². The van der Waals surface area contributed by atoms with Crippen molar-refractivity contribution < 1.29 is 24.2 Å². The first kappa shape index (κ1) is 20.1. The van der Waals surface area contributed by atoms with Crippen molar-refractivity contribution in [1.82, 2.24) is 5.32 Å². The molecule has 0 radical (unpaired) electrons. The summed E-state index contributed by atoms with van der Waals surface area (Å²) in [4.78, 5) is 23.0. The number of nitrogens with one attached hydrogen (secondary N) is 1. The number of nitrogens with two attached hydrogens (primary N) is 1. The van der Waals surface area contributed by atoms with Crippen molar-refractivity contribution in [1.29, 1.82) is 0 Å². The van der Waals surface area contributed by atoms with Crippen LogP contribution in [0.4, 0.5) is 0 Å². The lowest BCUT2D eigenvalue weighted by molar-refractivity contribution is -0.150. The van der Waals surface area contributed by atoms with Gasteiger partial charge in [-0.1, -0.05) is 30.3 Å². The van der Waals surface area contributed by atoms with Crippen LogP contribution in [0.25, 0.3) is 0 Å². The molecule has 3 unspecified atom stereocenters. The van der Waals surface area contributed by atoms with E-state index in [0.29, 0.717) is 6.61 Å². The fourth-order valence-electron chi connectivity index (χ4n) is 2.00. The van der Waals surface area contributed by atoms with Gasteiger partial charge in [-0.15, -0.1) is 0 Å². The first-order valence-corrected chi connectivity index (χ1v) is 7.89. The molecular formula is C17H26N2O5. The van der Waals surface area contributed by atoms with E-state index >= 15 is 0 Å². The number of aliphatic carboxylic acids is 1. The molecule has 0 aliphatic carbocycles. The number of carbonyl (C=O) groups is 2. The van der Waals surface area contributed by atoms with Crippen LogP contribution in [0.1, 0.15) is 19.4 Å².